The molecule has 1 saturated heterocycles. The average Bonchev–Trinajstić information content (AvgIpc) is 3.39. The molecule has 2 amide bonds. The zero-order valence-electron chi connectivity index (χ0n) is 21.0. The second kappa shape index (κ2) is 9.82. The average molecular weight is 524 g/mol. The summed E-state index contributed by atoms with van der Waals surface area (Å²) in [5, 5.41) is 9.18. The molecule has 0 unspecified atom stereocenters. The fourth-order valence-corrected chi connectivity index (χ4v) is 4.54. The summed E-state index contributed by atoms with van der Waals surface area (Å²) in [6, 6.07) is 5.44. The molecule has 0 bridgehead atoms. The van der Waals surface area contributed by atoms with E-state index in [-0.39, 0.29) is 35.3 Å². The van der Waals surface area contributed by atoms with Gasteiger partial charge in [-0.25, -0.2) is 18.7 Å². The number of oxazole rings is 1. The molecule has 0 saturated carbocycles. The van der Waals surface area contributed by atoms with Crippen LogP contribution in [-0.2, 0) is 18.4 Å². The molecule has 1 atom stereocenters. The highest BCUT2D eigenvalue weighted by atomic mass is 19.1. The Kier molecular flexibility index (Phi) is 6.53. The third-order valence-electron chi connectivity index (χ3n) is 6.66. The van der Waals surface area contributed by atoms with Crippen LogP contribution in [0.15, 0.2) is 39.7 Å². The Balaban J connectivity index is 1.33. The van der Waals surface area contributed by atoms with Crippen molar-refractivity contribution in [3.05, 3.63) is 63.8 Å². The van der Waals surface area contributed by atoms with Crippen molar-refractivity contribution in [3.63, 3.8) is 0 Å². The van der Waals surface area contributed by atoms with Crippen LogP contribution in [0.5, 0.6) is 0 Å². The molecule has 12 nitrogen and oxygen atoms in total. The summed E-state index contributed by atoms with van der Waals surface area (Å²) >= 11 is 0. The number of halogens is 1. The highest BCUT2D eigenvalue weighted by Gasteiger charge is 2.29. The molecule has 0 radical (unpaired) electrons. The molecule has 13 heteroatoms. The Labute approximate surface area is 215 Å². The number of hydrogen-bond acceptors (Lipinski definition) is 8. The summed E-state index contributed by atoms with van der Waals surface area (Å²) in [6.07, 6.45) is 1.24. The number of ketones is 1. The molecular formula is C25H26FN7O5. The molecule has 1 aromatic carbocycles. The van der Waals surface area contributed by atoms with E-state index in [1.165, 1.54) is 10.6 Å². The number of aromatic nitrogens is 4. The Hall–Kier alpha value is -4.39. The van der Waals surface area contributed by atoms with E-state index in [0.717, 1.165) is 23.8 Å². The van der Waals surface area contributed by atoms with Gasteiger partial charge in [-0.05, 0) is 37.6 Å². The van der Waals surface area contributed by atoms with E-state index in [9.17, 15) is 23.6 Å². The summed E-state index contributed by atoms with van der Waals surface area (Å²) < 4.78 is 21.8. The predicted molar refractivity (Wildman–Crippen MR) is 133 cm³/mol. The van der Waals surface area contributed by atoms with Gasteiger partial charge in [-0.15, -0.1) is 0 Å². The number of carbonyl (C=O) groups is 3. The molecule has 1 aliphatic heterocycles. The second-order valence-corrected chi connectivity index (χ2v) is 9.62. The Morgan fingerprint density at radius 1 is 1.18 bits per heavy atom. The summed E-state index contributed by atoms with van der Waals surface area (Å²) in [6.45, 7) is 3.32. The SMILES string of the molecule is C[C@H](NC(=O)c1cc(C(=O)NCc2ccc3oc(=O)n(C)c3c2)nc2c(F)cnn12)C(=O)CC1CN(C)C1. The number of carbonyl (C=O) groups excluding carboxylic acids is 3. The van der Waals surface area contributed by atoms with Crippen LogP contribution in [0.3, 0.4) is 0 Å². The van der Waals surface area contributed by atoms with Gasteiger partial charge in [0.2, 0.25) is 0 Å². The standard InChI is InChI=1S/C25H26FN7O5/c1-13(20(34)7-15-11-31(2)12-15)29-24(36)19-8-17(30-22-16(26)10-28-33(19)22)23(35)27-9-14-4-5-21-18(6-14)32(3)25(37)38-21/h4-6,8,10,13,15H,7,9,11-12H2,1-3H3,(H,27,35)(H,29,36)/t13-/m0/s1. The van der Waals surface area contributed by atoms with Crippen molar-refractivity contribution in [2.24, 2.45) is 13.0 Å². The number of benzene rings is 1. The molecule has 0 spiro atoms. The van der Waals surface area contributed by atoms with E-state index >= 15 is 0 Å². The Morgan fingerprint density at radius 3 is 2.68 bits per heavy atom. The van der Waals surface area contributed by atoms with Crippen molar-refractivity contribution in [2.75, 3.05) is 20.1 Å². The van der Waals surface area contributed by atoms with Crippen LogP contribution in [0.4, 0.5) is 4.39 Å². The van der Waals surface area contributed by atoms with Gasteiger partial charge in [-0.1, -0.05) is 6.07 Å². The summed E-state index contributed by atoms with van der Waals surface area (Å²) in [5.74, 6) is -2.50. The number of fused-ring (bicyclic) bond motifs is 2. The van der Waals surface area contributed by atoms with Gasteiger partial charge in [0.25, 0.3) is 11.8 Å². The highest BCUT2D eigenvalue weighted by molar-refractivity contribution is 6.00. The fraction of sp³-hybridized carbons (Fsp3) is 0.360. The summed E-state index contributed by atoms with van der Waals surface area (Å²) in [4.78, 5) is 56.4. The molecule has 3 aromatic heterocycles. The van der Waals surface area contributed by atoms with Gasteiger partial charge in [-0.3, -0.25) is 19.0 Å². The lowest BCUT2D eigenvalue weighted by Crippen LogP contribution is -2.47. The van der Waals surface area contributed by atoms with Gasteiger partial charge in [0, 0.05) is 39.2 Å². The number of hydrogen-bond donors (Lipinski definition) is 2. The molecule has 2 N–H and O–H groups in total. The van der Waals surface area contributed by atoms with E-state index in [1.807, 2.05) is 7.05 Å². The highest BCUT2D eigenvalue weighted by Crippen LogP contribution is 2.18. The lowest BCUT2D eigenvalue weighted by molar-refractivity contribution is -0.122. The van der Waals surface area contributed by atoms with Gasteiger partial charge in [0.1, 0.15) is 11.4 Å². The van der Waals surface area contributed by atoms with Crippen molar-refractivity contribution in [1.82, 2.24) is 34.7 Å². The fourth-order valence-electron chi connectivity index (χ4n) is 4.54. The van der Waals surface area contributed by atoms with E-state index in [1.54, 1.807) is 32.2 Å². The van der Waals surface area contributed by atoms with Crippen molar-refractivity contribution >= 4 is 34.3 Å². The molecule has 38 heavy (non-hydrogen) atoms. The topological polar surface area (TPSA) is 144 Å². The van der Waals surface area contributed by atoms with Crippen LogP contribution in [0.2, 0.25) is 0 Å². The number of rotatable bonds is 8. The molecular weight excluding hydrogens is 497 g/mol. The van der Waals surface area contributed by atoms with Crippen molar-refractivity contribution in [2.45, 2.75) is 25.9 Å². The minimum atomic E-state index is -0.807. The predicted octanol–water partition coefficient (Wildman–Crippen LogP) is 0.882. The van der Waals surface area contributed by atoms with Crippen molar-refractivity contribution in [3.8, 4) is 0 Å². The molecule has 1 aliphatic rings. The van der Waals surface area contributed by atoms with Gasteiger partial charge >= 0.3 is 5.76 Å². The molecule has 4 aromatic rings. The number of nitrogens with zero attached hydrogens (tertiary/aromatic N) is 5. The quantitative estimate of drug-likeness (QED) is 0.347. The van der Waals surface area contributed by atoms with E-state index < -0.39 is 29.4 Å². The zero-order valence-corrected chi connectivity index (χ0v) is 21.0. The first-order chi connectivity index (χ1) is 18.1. The second-order valence-electron chi connectivity index (χ2n) is 9.62. The maximum absolute atomic E-state index is 14.4. The molecule has 4 heterocycles. The van der Waals surface area contributed by atoms with Crippen molar-refractivity contribution in [1.29, 1.82) is 0 Å². The Morgan fingerprint density at radius 2 is 1.95 bits per heavy atom. The maximum Gasteiger partial charge on any atom is 0.419 e. The van der Waals surface area contributed by atoms with Crippen LogP contribution in [0.25, 0.3) is 16.7 Å². The summed E-state index contributed by atoms with van der Waals surface area (Å²) in [5.41, 5.74) is 1.03. The maximum atomic E-state index is 14.4. The summed E-state index contributed by atoms with van der Waals surface area (Å²) in [7, 11) is 3.54. The minimum Gasteiger partial charge on any atom is -0.408 e. The lowest BCUT2D eigenvalue weighted by Gasteiger charge is -2.36. The number of amides is 2. The van der Waals surface area contributed by atoms with Gasteiger partial charge in [0.05, 0.1) is 17.8 Å². The first kappa shape index (κ1) is 25.3. The molecule has 0 aliphatic carbocycles. The van der Waals surface area contributed by atoms with Crippen molar-refractivity contribution < 1.29 is 23.2 Å². The van der Waals surface area contributed by atoms with Crippen LogP contribution < -0.4 is 16.4 Å². The number of Topliss-reactive ketones (excluding diaryl/α,β-unsaturated/α-hetero) is 1. The van der Waals surface area contributed by atoms with Crippen LogP contribution in [0, 0.1) is 11.7 Å². The number of likely N-dealkylation sites (tertiary alicyclic amines) is 1. The largest absolute Gasteiger partial charge is 0.419 e. The van der Waals surface area contributed by atoms with Gasteiger partial charge in [-0.2, -0.15) is 5.10 Å². The smallest absolute Gasteiger partial charge is 0.408 e. The third kappa shape index (κ3) is 4.79. The molecule has 198 valence electrons. The molecule has 5 rings (SSSR count). The Bertz CT molecular complexity index is 1630. The number of aryl methyl sites for hydroxylation is 1. The first-order valence-corrected chi connectivity index (χ1v) is 12.0. The minimum absolute atomic E-state index is 0.0756. The normalized spacial score (nSPS) is 14.9. The van der Waals surface area contributed by atoms with Crippen LogP contribution in [0.1, 0.15) is 39.9 Å². The lowest BCUT2D eigenvalue weighted by atomic mass is 9.93. The van der Waals surface area contributed by atoms with E-state index in [4.69, 9.17) is 4.42 Å². The van der Waals surface area contributed by atoms with E-state index in [2.05, 4.69) is 25.6 Å². The van der Waals surface area contributed by atoms with Gasteiger partial charge < -0.3 is 20.0 Å². The van der Waals surface area contributed by atoms with Crippen LogP contribution in [-0.4, -0.2) is 67.8 Å². The first-order valence-electron chi connectivity index (χ1n) is 12.0. The monoisotopic (exact) mass is 523 g/mol. The van der Waals surface area contributed by atoms with Crippen LogP contribution >= 0.6 is 0 Å². The zero-order chi connectivity index (χ0) is 27.1. The van der Waals surface area contributed by atoms with E-state index in [0.29, 0.717) is 23.1 Å². The third-order valence-corrected chi connectivity index (χ3v) is 6.66. The molecule has 1 fully saturated rings. The number of nitrogens with one attached hydrogen (secondary N) is 2. The van der Waals surface area contributed by atoms with Gasteiger partial charge in [0.15, 0.2) is 22.8 Å².